The number of fused-ring (bicyclic) bond motifs is 1. The van der Waals surface area contributed by atoms with Gasteiger partial charge in [0.25, 0.3) is 0 Å². The number of rotatable bonds is 5. The molecule has 2 heterocycles. The van der Waals surface area contributed by atoms with Crippen molar-refractivity contribution in [1.29, 1.82) is 0 Å². The van der Waals surface area contributed by atoms with Gasteiger partial charge in [-0.1, -0.05) is 24.3 Å². The first-order valence-electron chi connectivity index (χ1n) is 8.27. The van der Waals surface area contributed by atoms with Crippen LogP contribution in [-0.2, 0) is 24.3 Å². The number of benzene rings is 1. The number of hydrogen-bond donors (Lipinski definition) is 0. The molecule has 2 aromatic heterocycles. The predicted octanol–water partition coefficient (Wildman–Crippen LogP) is 2.24. The van der Waals surface area contributed by atoms with Crippen LogP contribution in [0.4, 0.5) is 0 Å². The molecule has 1 atom stereocenters. The molecule has 1 unspecified atom stereocenters. The number of aromatic nitrogens is 5. The van der Waals surface area contributed by atoms with E-state index in [1.165, 1.54) is 22.1 Å². The van der Waals surface area contributed by atoms with Gasteiger partial charge in [0.05, 0.1) is 12.6 Å². The maximum absolute atomic E-state index is 13.0. The highest BCUT2D eigenvalue weighted by Crippen LogP contribution is 2.35. The molecule has 3 aromatic rings. The Bertz CT molecular complexity index is 833. The highest BCUT2D eigenvalue weighted by atomic mass is 32.1. The Hall–Kier alpha value is -2.61. The second-order valence-electron chi connectivity index (χ2n) is 6.06. The quantitative estimate of drug-likeness (QED) is 0.702. The lowest BCUT2D eigenvalue weighted by Gasteiger charge is -2.35. The van der Waals surface area contributed by atoms with Crippen LogP contribution in [0.3, 0.4) is 0 Å². The van der Waals surface area contributed by atoms with Gasteiger partial charge in [0, 0.05) is 11.6 Å². The summed E-state index contributed by atoms with van der Waals surface area (Å²) in [5, 5.41) is 13.9. The van der Waals surface area contributed by atoms with Crippen molar-refractivity contribution in [3.63, 3.8) is 0 Å². The van der Waals surface area contributed by atoms with Crippen molar-refractivity contribution < 1.29 is 4.79 Å². The fourth-order valence-corrected chi connectivity index (χ4v) is 4.00. The highest BCUT2D eigenvalue weighted by Gasteiger charge is 2.30. The van der Waals surface area contributed by atoms with E-state index in [1.807, 2.05) is 16.3 Å². The molecule has 25 heavy (non-hydrogen) atoms. The molecule has 0 bridgehead atoms. The molecule has 1 aliphatic rings. The molecule has 8 heteroatoms. The summed E-state index contributed by atoms with van der Waals surface area (Å²) in [4.78, 5) is 19.3. The zero-order valence-corrected chi connectivity index (χ0v) is 14.5. The lowest BCUT2D eigenvalue weighted by molar-refractivity contribution is -0.135. The molecule has 4 rings (SSSR count). The van der Waals surface area contributed by atoms with Crippen LogP contribution < -0.4 is 0 Å². The van der Waals surface area contributed by atoms with Crippen LogP contribution in [0.2, 0.25) is 0 Å². The van der Waals surface area contributed by atoms with Crippen LogP contribution in [-0.4, -0.2) is 36.0 Å². The number of tetrazole rings is 1. The first-order valence-corrected chi connectivity index (χ1v) is 9.15. The number of amides is 1. The van der Waals surface area contributed by atoms with Gasteiger partial charge >= 0.3 is 0 Å². The van der Waals surface area contributed by atoms with Crippen LogP contribution in [0.1, 0.15) is 35.0 Å². The molecule has 0 aliphatic heterocycles. The van der Waals surface area contributed by atoms with Crippen LogP contribution in [0.25, 0.3) is 0 Å². The number of carbonyl (C=O) groups is 1. The van der Waals surface area contributed by atoms with E-state index in [1.54, 1.807) is 17.5 Å². The van der Waals surface area contributed by atoms with Crippen LogP contribution >= 0.6 is 11.3 Å². The first kappa shape index (κ1) is 15.9. The van der Waals surface area contributed by atoms with Crippen molar-refractivity contribution >= 4 is 17.2 Å². The van der Waals surface area contributed by atoms with Crippen molar-refractivity contribution in [3.8, 4) is 0 Å². The minimum atomic E-state index is 0.00389. The normalized spacial score (nSPS) is 16.4. The van der Waals surface area contributed by atoms with E-state index in [9.17, 15) is 4.79 Å². The summed E-state index contributed by atoms with van der Waals surface area (Å²) in [5.41, 5.74) is 2.58. The van der Waals surface area contributed by atoms with Crippen molar-refractivity contribution in [2.45, 2.75) is 38.4 Å². The van der Waals surface area contributed by atoms with Crippen molar-refractivity contribution in [1.82, 2.24) is 30.1 Å². The fraction of sp³-hybridized carbons (Fsp3) is 0.353. The van der Waals surface area contributed by atoms with Crippen molar-refractivity contribution in [2.24, 2.45) is 0 Å². The summed E-state index contributed by atoms with van der Waals surface area (Å²) in [6, 6.07) is 8.48. The minimum Gasteiger partial charge on any atom is -0.327 e. The Morgan fingerprint density at radius 2 is 2.28 bits per heavy atom. The predicted molar refractivity (Wildman–Crippen MR) is 92.6 cm³/mol. The third-order valence-corrected chi connectivity index (χ3v) is 5.28. The first-order chi connectivity index (χ1) is 12.3. The SMILES string of the molecule is O=C(Cn1cnnn1)N(Cc1nccs1)C1CCCc2ccccc21. The highest BCUT2D eigenvalue weighted by molar-refractivity contribution is 7.09. The number of thiazole rings is 1. The van der Waals surface area contributed by atoms with Crippen LogP contribution in [0.5, 0.6) is 0 Å². The van der Waals surface area contributed by atoms with E-state index in [0.717, 1.165) is 24.3 Å². The van der Waals surface area contributed by atoms with Gasteiger partial charge in [-0.2, -0.15) is 0 Å². The monoisotopic (exact) mass is 354 g/mol. The molecule has 0 saturated carbocycles. The van der Waals surface area contributed by atoms with E-state index in [-0.39, 0.29) is 18.5 Å². The molecule has 128 valence electrons. The summed E-state index contributed by atoms with van der Waals surface area (Å²) in [6.07, 6.45) is 6.35. The number of nitrogens with zero attached hydrogens (tertiary/aromatic N) is 6. The van der Waals surface area contributed by atoms with Crippen molar-refractivity contribution in [2.75, 3.05) is 0 Å². The molecule has 0 radical (unpaired) electrons. The van der Waals surface area contributed by atoms with Gasteiger partial charge in [0.15, 0.2) is 0 Å². The summed E-state index contributed by atoms with van der Waals surface area (Å²) < 4.78 is 1.46. The molecule has 1 aliphatic carbocycles. The summed E-state index contributed by atoms with van der Waals surface area (Å²) in [7, 11) is 0. The molecular formula is C17H18N6OS. The van der Waals surface area contributed by atoms with Gasteiger partial charge in [-0.3, -0.25) is 4.79 Å². The fourth-order valence-electron chi connectivity index (χ4n) is 3.38. The summed E-state index contributed by atoms with van der Waals surface area (Å²) in [6.45, 7) is 0.647. The van der Waals surface area contributed by atoms with Crippen molar-refractivity contribution in [3.05, 3.63) is 58.3 Å². The number of aryl methyl sites for hydroxylation is 1. The molecule has 1 amide bonds. The number of hydrogen-bond acceptors (Lipinski definition) is 6. The maximum Gasteiger partial charge on any atom is 0.245 e. The Labute approximate surface area is 149 Å². The molecule has 1 aromatic carbocycles. The molecule has 0 N–H and O–H groups in total. The second-order valence-corrected chi connectivity index (χ2v) is 7.04. The van der Waals surface area contributed by atoms with Gasteiger partial charge in [-0.15, -0.1) is 16.4 Å². The Balaban J connectivity index is 1.64. The summed E-state index contributed by atoms with van der Waals surface area (Å²) >= 11 is 1.57. The van der Waals surface area contributed by atoms with Crippen LogP contribution in [0, 0.1) is 0 Å². The molecule has 0 saturated heterocycles. The zero-order valence-electron chi connectivity index (χ0n) is 13.7. The van der Waals surface area contributed by atoms with E-state index in [0.29, 0.717) is 6.54 Å². The Kier molecular flexibility index (Phi) is 4.51. The third-order valence-electron chi connectivity index (χ3n) is 4.51. The van der Waals surface area contributed by atoms with Gasteiger partial charge in [0.2, 0.25) is 5.91 Å². The maximum atomic E-state index is 13.0. The van der Waals surface area contributed by atoms with Gasteiger partial charge < -0.3 is 4.90 Å². The lowest BCUT2D eigenvalue weighted by Crippen LogP contribution is -2.38. The Morgan fingerprint density at radius 1 is 1.36 bits per heavy atom. The molecule has 7 nitrogen and oxygen atoms in total. The third kappa shape index (κ3) is 3.43. The minimum absolute atomic E-state index is 0.00389. The number of carbonyl (C=O) groups excluding carboxylic acids is 1. The van der Waals surface area contributed by atoms with Crippen LogP contribution in [0.15, 0.2) is 42.2 Å². The van der Waals surface area contributed by atoms with Gasteiger partial charge in [-0.05, 0) is 40.8 Å². The smallest absolute Gasteiger partial charge is 0.245 e. The molecule has 0 spiro atoms. The van der Waals surface area contributed by atoms with E-state index >= 15 is 0 Å². The second kappa shape index (κ2) is 7.10. The van der Waals surface area contributed by atoms with E-state index in [2.05, 4.69) is 38.7 Å². The van der Waals surface area contributed by atoms with Gasteiger partial charge in [-0.25, -0.2) is 9.67 Å². The summed E-state index contributed by atoms with van der Waals surface area (Å²) in [5.74, 6) is 0.00389. The average Bonchev–Trinajstić information content (AvgIpc) is 3.33. The van der Waals surface area contributed by atoms with Gasteiger partial charge in [0.1, 0.15) is 17.9 Å². The topological polar surface area (TPSA) is 76.8 Å². The molecular weight excluding hydrogens is 336 g/mol. The van der Waals surface area contributed by atoms with E-state index in [4.69, 9.17) is 0 Å². The zero-order chi connectivity index (χ0) is 17.1. The standard InChI is InChI=1S/C17H18N6OS/c24-17(11-22-12-19-20-21-22)23(10-16-18-8-9-25-16)15-7-3-5-13-4-1-2-6-14(13)15/h1-2,4,6,8-9,12,15H,3,5,7,10-11H2. The Morgan fingerprint density at radius 3 is 3.08 bits per heavy atom. The van der Waals surface area contributed by atoms with E-state index < -0.39 is 0 Å². The lowest BCUT2D eigenvalue weighted by atomic mass is 9.86. The molecule has 0 fully saturated rings. The largest absolute Gasteiger partial charge is 0.327 e. The average molecular weight is 354 g/mol.